The molecule has 0 saturated carbocycles. The summed E-state index contributed by atoms with van der Waals surface area (Å²) in [4.78, 5) is 25.3. The molecule has 1 fully saturated rings. The van der Waals surface area contributed by atoms with Gasteiger partial charge >= 0.3 is 6.03 Å². The third-order valence-corrected chi connectivity index (χ3v) is 3.44. The molecule has 0 aromatic heterocycles. The van der Waals surface area contributed by atoms with E-state index in [4.69, 9.17) is 5.73 Å². The van der Waals surface area contributed by atoms with Gasteiger partial charge < -0.3 is 21.1 Å². The Labute approximate surface area is 117 Å². The number of rotatable bonds is 3. The van der Waals surface area contributed by atoms with Gasteiger partial charge in [0, 0.05) is 13.1 Å². The van der Waals surface area contributed by atoms with Crippen LogP contribution < -0.4 is 11.1 Å². The van der Waals surface area contributed by atoms with Gasteiger partial charge in [0.05, 0.1) is 6.10 Å². The number of hydrogen-bond acceptors (Lipinski definition) is 3. The Balaban J connectivity index is 2.14. The van der Waals surface area contributed by atoms with Crippen LogP contribution >= 0.6 is 0 Å². The molecule has 20 heavy (non-hydrogen) atoms. The minimum atomic E-state index is -0.774. The SMILES string of the molecule is NC(=O)NC(C(=O)N1CCC(O)CC1)c1ccccc1. The molecular formula is C14H19N3O3. The predicted octanol–water partition coefficient (Wildman–Crippen LogP) is 0.379. The maximum atomic E-state index is 12.5. The van der Waals surface area contributed by atoms with Gasteiger partial charge in [-0.1, -0.05) is 30.3 Å². The Morgan fingerprint density at radius 2 is 1.85 bits per heavy atom. The van der Waals surface area contributed by atoms with Crippen molar-refractivity contribution in [1.29, 1.82) is 0 Å². The molecule has 6 nitrogen and oxygen atoms in total. The highest BCUT2D eigenvalue weighted by Gasteiger charge is 2.29. The summed E-state index contributed by atoms with van der Waals surface area (Å²) in [5.41, 5.74) is 5.86. The second-order valence-corrected chi connectivity index (χ2v) is 4.91. The van der Waals surface area contributed by atoms with Crippen molar-refractivity contribution in [3.8, 4) is 0 Å². The summed E-state index contributed by atoms with van der Waals surface area (Å²) in [7, 11) is 0. The average Bonchev–Trinajstić information content (AvgIpc) is 2.45. The van der Waals surface area contributed by atoms with Crippen LogP contribution in [0.3, 0.4) is 0 Å². The molecule has 1 aromatic rings. The van der Waals surface area contributed by atoms with Crippen molar-refractivity contribution in [2.24, 2.45) is 5.73 Å². The molecule has 1 unspecified atom stereocenters. The summed E-state index contributed by atoms with van der Waals surface area (Å²) >= 11 is 0. The first kappa shape index (κ1) is 14.3. The van der Waals surface area contributed by atoms with Gasteiger partial charge in [-0.15, -0.1) is 0 Å². The monoisotopic (exact) mass is 277 g/mol. The number of likely N-dealkylation sites (tertiary alicyclic amines) is 1. The molecule has 0 aliphatic carbocycles. The molecule has 3 amide bonds. The number of aliphatic hydroxyl groups excluding tert-OH is 1. The van der Waals surface area contributed by atoms with E-state index in [0.29, 0.717) is 31.5 Å². The summed E-state index contributed by atoms with van der Waals surface area (Å²) in [5.74, 6) is -0.193. The number of hydrogen-bond donors (Lipinski definition) is 3. The Kier molecular flexibility index (Phi) is 4.57. The van der Waals surface area contributed by atoms with E-state index in [9.17, 15) is 14.7 Å². The van der Waals surface area contributed by atoms with Crippen LogP contribution in [0.15, 0.2) is 30.3 Å². The maximum Gasteiger partial charge on any atom is 0.313 e. The topological polar surface area (TPSA) is 95.7 Å². The van der Waals surface area contributed by atoms with E-state index in [1.165, 1.54) is 0 Å². The van der Waals surface area contributed by atoms with Crippen LogP contribution in [0.4, 0.5) is 4.79 Å². The highest BCUT2D eigenvalue weighted by molar-refractivity contribution is 5.87. The van der Waals surface area contributed by atoms with Gasteiger partial charge in [-0.2, -0.15) is 0 Å². The molecule has 1 saturated heterocycles. The van der Waals surface area contributed by atoms with Crippen LogP contribution in [0, 0.1) is 0 Å². The molecule has 1 aliphatic rings. The van der Waals surface area contributed by atoms with Crippen molar-refractivity contribution in [3.63, 3.8) is 0 Å². The Morgan fingerprint density at radius 1 is 1.25 bits per heavy atom. The van der Waals surface area contributed by atoms with Gasteiger partial charge in [-0.25, -0.2) is 4.79 Å². The van der Waals surface area contributed by atoms with E-state index in [2.05, 4.69) is 5.32 Å². The van der Waals surface area contributed by atoms with Crippen molar-refractivity contribution >= 4 is 11.9 Å². The lowest BCUT2D eigenvalue weighted by atomic mass is 10.0. The third-order valence-electron chi connectivity index (χ3n) is 3.44. The molecule has 2 rings (SSSR count). The first-order valence-corrected chi connectivity index (χ1v) is 6.65. The number of piperidine rings is 1. The fourth-order valence-electron chi connectivity index (χ4n) is 2.34. The zero-order valence-electron chi connectivity index (χ0n) is 11.2. The molecule has 4 N–H and O–H groups in total. The van der Waals surface area contributed by atoms with Crippen molar-refractivity contribution < 1.29 is 14.7 Å². The number of amides is 3. The quantitative estimate of drug-likeness (QED) is 0.745. The maximum absolute atomic E-state index is 12.5. The number of urea groups is 1. The van der Waals surface area contributed by atoms with Crippen molar-refractivity contribution in [1.82, 2.24) is 10.2 Å². The molecule has 0 radical (unpaired) electrons. The molecule has 0 spiro atoms. The van der Waals surface area contributed by atoms with E-state index in [1.54, 1.807) is 29.2 Å². The molecule has 1 heterocycles. The third kappa shape index (κ3) is 3.48. The van der Waals surface area contributed by atoms with E-state index in [-0.39, 0.29) is 12.0 Å². The Morgan fingerprint density at radius 3 is 2.40 bits per heavy atom. The number of carbonyl (C=O) groups excluding carboxylic acids is 2. The van der Waals surface area contributed by atoms with E-state index < -0.39 is 12.1 Å². The second-order valence-electron chi connectivity index (χ2n) is 4.91. The highest BCUT2D eigenvalue weighted by atomic mass is 16.3. The summed E-state index contributed by atoms with van der Waals surface area (Å²) in [6.45, 7) is 0.980. The predicted molar refractivity (Wildman–Crippen MR) is 73.7 cm³/mol. The van der Waals surface area contributed by atoms with Crippen molar-refractivity contribution in [2.45, 2.75) is 25.0 Å². The van der Waals surface area contributed by atoms with Crippen LogP contribution in [0.5, 0.6) is 0 Å². The smallest absolute Gasteiger partial charge is 0.313 e. The lowest BCUT2D eigenvalue weighted by molar-refractivity contribution is -0.135. The van der Waals surface area contributed by atoms with Crippen LogP contribution in [0.1, 0.15) is 24.4 Å². The van der Waals surface area contributed by atoms with Gasteiger partial charge in [0.25, 0.3) is 0 Å². The zero-order chi connectivity index (χ0) is 14.5. The minimum absolute atomic E-state index is 0.193. The number of carbonyl (C=O) groups is 2. The number of benzene rings is 1. The fraction of sp³-hybridized carbons (Fsp3) is 0.429. The van der Waals surface area contributed by atoms with Crippen LogP contribution in [-0.4, -0.2) is 41.1 Å². The van der Waals surface area contributed by atoms with E-state index in [1.807, 2.05) is 6.07 Å². The summed E-state index contributed by atoms with van der Waals surface area (Å²) in [6.07, 6.45) is 0.770. The Bertz CT molecular complexity index is 470. The number of aliphatic hydroxyl groups is 1. The van der Waals surface area contributed by atoms with Gasteiger partial charge in [0.1, 0.15) is 6.04 Å². The van der Waals surface area contributed by atoms with Crippen molar-refractivity contribution in [3.05, 3.63) is 35.9 Å². The van der Waals surface area contributed by atoms with Crippen LogP contribution in [0.2, 0.25) is 0 Å². The molecular weight excluding hydrogens is 258 g/mol. The lowest BCUT2D eigenvalue weighted by Gasteiger charge is -2.32. The molecule has 1 atom stereocenters. The number of primary amides is 1. The number of nitrogens with zero attached hydrogens (tertiary/aromatic N) is 1. The Hall–Kier alpha value is -2.08. The minimum Gasteiger partial charge on any atom is -0.393 e. The average molecular weight is 277 g/mol. The molecule has 6 heteroatoms. The largest absolute Gasteiger partial charge is 0.393 e. The highest BCUT2D eigenvalue weighted by Crippen LogP contribution is 2.19. The van der Waals surface area contributed by atoms with Gasteiger partial charge in [-0.3, -0.25) is 4.79 Å². The van der Waals surface area contributed by atoms with Gasteiger partial charge in [-0.05, 0) is 18.4 Å². The zero-order valence-corrected chi connectivity index (χ0v) is 11.2. The van der Waals surface area contributed by atoms with Gasteiger partial charge in [0.15, 0.2) is 0 Å². The number of nitrogens with two attached hydrogens (primary N) is 1. The standard InChI is InChI=1S/C14H19N3O3/c15-14(20)16-12(10-4-2-1-3-5-10)13(19)17-8-6-11(18)7-9-17/h1-5,11-12,18H,6-9H2,(H3,15,16,20). The summed E-state index contributed by atoms with van der Waals surface area (Å²) in [5, 5.41) is 12.0. The molecule has 1 aliphatic heterocycles. The van der Waals surface area contributed by atoms with E-state index >= 15 is 0 Å². The van der Waals surface area contributed by atoms with Gasteiger partial charge in [0.2, 0.25) is 5.91 Å². The van der Waals surface area contributed by atoms with Crippen LogP contribution in [-0.2, 0) is 4.79 Å². The summed E-state index contributed by atoms with van der Waals surface area (Å²) < 4.78 is 0. The summed E-state index contributed by atoms with van der Waals surface area (Å²) in [6, 6.07) is 7.49. The second kappa shape index (κ2) is 6.38. The lowest BCUT2D eigenvalue weighted by Crippen LogP contribution is -2.47. The van der Waals surface area contributed by atoms with Crippen molar-refractivity contribution in [2.75, 3.05) is 13.1 Å². The first-order chi connectivity index (χ1) is 9.58. The molecule has 0 bridgehead atoms. The fourth-order valence-corrected chi connectivity index (χ4v) is 2.34. The molecule has 1 aromatic carbocycles. The molecule has 108 valence electrons. The first-order valence-electron chi connectivity index (χ1n) is 6.65. The van der Waals surface area contributed by atoms with Crippen LogP contribution in [0.25, 0.3) is 0 Å². The normalized spacial score (nSPS) is 17.6. The van der Waals surface area contributed by atoms with E-state index in [0.717, 1.165) is 0 Å². The number of nitrogens with one attached hydrogen (secondary N) is 1.